The summed E-state index contributed by atoms with van der Waals surface area (Å²) in [6, 6.07) is 7.45. The summed E-state index contributed by atoms with van der Waals surface area (Å²) in [5.74, 6) is 0.381. The summed E-state index contributed by atoms with van der Waals surface area (Å²) in [5.41, 5.74) is 1.72. The standard InChI is InChI=1S/C15H18O3/c1-2-18-15(17)12-8-6-11(7-9-12)13-4-3-5-14(16)10-13/h6-9,13H,2-5,10H2,1H3/t13-/m0/s1. The number of esters is 1. The first-order valence-electron chi connectivity index (χ1n) is 6.49. The molecule has 1 saturated carbocycles. The van der Waals surface area contributed by atoms with Crippen LogP contribution >= 0.6 is 0 Å². The van der Waals surface area contributed by atoms with Gasteiger partial charge >= 0.3 is 5.97 Å². The van der Waals surface area contributed by atoms with E-state index in [9.17, 15) is 9.59 Å². The van der Waals surface area contributed by atoms with Gasteiger partial charge in [-0.25, -0.2) is 4.79 Å². The van der Waals surface area contributed by atoms with Gasteiger partial charge in [-0.15, -0.1) is 0 Å². The third kappa shape index (κ3) is 2.97. The van der Waals surface area contributed by atoms with E-state index in [0.717, 1.165) is 24.8 Å². The maximum atomic E-state index is 11.5. The third-order valence-corrected chi connectivity index (χ3v) is 3.38. The van der Waals surface area contributed by atoms with E-state index in [0.29, 0.717) is 30.3 Å². The Morgan fingerprint density at radius 1 is 1.33 bits per heavy atom. The van der Waals surface area contributed by atoms with Crippen molar-refractivity contribution in [2.45, 2.75) is 38.5 Å². The van der Waals surface area contributed by atoms with Crippen LogP contribution in [0, 0.1) is 0 Å². The Kier molecular flexibility index (Phi) is 4.13. The zero-order valence-electron chi connectivity index (χ0n) is 10.6. The lowest BCUT2D eigenvalue weighted by Gasteiger charge is -2.21. The summed E-state index contributed by atoms with van der Waals surface area (Å²) < 4.78 is 4.94. The Morgan fingerprint density at radius 3 is 2.67 bits per heavy atom. The number of benzene rings is 1. The van der Waals surface area contributed by atoms with E-state index in [1.807, 2.05) is 12.1 Å². The third-order valence-electron chi connectivity index (χ3n) is 3.38. The maximum absolute atomic E-state index is 11.5. The number of rotatable bonds is 3. The molecule has 1 aliphatic carbocycles. The molecule has 96 valence electrons. The molecule has 0 N–H and O–H groups in total. The quantitative estimate of drug-likeness (QED) is 0.770. The lowest BCUT2D eigenvalue weighted by Crippen LogP contribution is -2.13. The van der Waals surface area contributed by atoms with E-state index < -0.39 is 0 Å². The van der Waals surface area contributed by atoms with E-state index in [4.69, 9.17) is 4.74 Å². The lowest BCUT2D eigenvalue weighted by atomic mass is 9.83. The highest BCUT2D eigenvalue weighted by Crippen LogP contribution is 2.30. The number of ether oxygens (including phenoxy) is 1. The SMILES string of the molecule is CCOC(=O)c1ccc([C@H]2CCCC(=O)C2)cc1. The first kappa shape index (κ1) is 12.8. The molecule has 0 radical (unpaired) electrons. The van der Waals surface area contributed by atoms with Gasteiger partial charge in [0.05, 0.1) is 12.2 Å². The molecule has 0 heterocycles. The van der Waals surface area contributed by atoms with Crippen LogP contribution in [0.1, 0.15) is 54.4 Å². The first-order chi connectivity index (χ1) is 8.70. The van der Waals surface area contributed by atoms with Gasteiger partial charge in [0.2, 0.25) is 0 Å². The summed E-state index contributed by atoms with van der Waals surface area (Å²) >= 11 is 0. The molecule has 0 bridgehead atoms. The smallest absolute Gasteiger partial charge is 0.338 e. The van der Waals surface area contributed by atoms with E-state index in [1.54, 1.807) is 19.1 Å². The predicted octanol–water partition coefficient (Wildman–Crippen LogP) is 3.09. The number of Topliss-reactive ketones (excluding diaryl/α,β-unsaturated/α-hetero) is 1. The Bertz CT molecular complexity index is 434. The summed E-state index contributed by atoms with van der Waals surface area (Å²) in [5, 5.41) is 0. The van der Waals surface area contributed by atoms with Gasteiger partial charge in [0.15, 0.2) is 0 Å². The highest BCUT2D eigenvalue weighted by Gasteiger charge is 2.21. The van der Waals surface area contributed by atoms with Gasteiger partial charge in [0.1, 0.15) is 5.78 Å². The molecule has 1 aromatic rings. The number of ketones is 1. The average molecular weight is 246 g/mol. The Morgan fingerprint density at radius 2 is 2.06 bits per heavy atom. The van der Waals surface area contributed by atoms with Crippen molar-refractivity contribution in [1.82, 2.24) is 0 Å². The van der Waals surface area contributed by atoms with Crippen LogP contribution in [-0.2, 0) is 9.53 Å². The molecule has 0 unspecified atom stereocenters. The molecule has 0 spiro atoms. The van der Waals surface area contributed by atoms with Crippen molar-refractivity contribution >= 4 is 11.8 Å². The minimum absolute atomic E-state index is 0.288. The predicted molar refractivity (Wildman–Crippen MR) is 68.6 cm³/mol. The molecule has 2 rings (SSSR count). The fraction of sp³-hybridized carbons (Fsp3) is 0.467. The van der Waals surface area contributed by atoms with Crippen molar-refractivity contribution in [2.24, 2.45) is 0 Å². The number of carbonyl (C=O) groups is 2. The van der Waals surface area contributed by atoms with Crippen molar-refractivity contribution in [3.05, 3.63) is 35.4 Å². The second kappa shape index (κ2) is 5.80. The van der Waals surface area contributed by atoms with E-state index >= 15 is 0 Å². The van der Waals surface area contributed by atoms with Crippen molar-refractivity contribution in [3.8, 4) is 0 Å². The minimum Gasteiger partial charge on any atom is -0.462 e. The molecule has 18 heavy (non-hydrogen) atoms. The molecular formula is C15H18O3. The van der Waals surface area contributed by atoms with Crippen LogP contribution in [0.2, 0.25) is 0 Å². The second-order valence-corrected chi connectivity index (χ2v) is 4.67. The van der Waals surface area contributed by atoms with Gasteiger partial charge in [-0.05, 0) is 43.4 Å². The largest absolute Gasteiger partial charge is 0.462 e. The van der Waals surface area contributed by atoms with Gasteiger partial charge < -0.3 is 4.74 Å². The normalized spacial score (nSPS) is 19.6. The van der Waals surface area contributed by atoms with Crippen LogP contribution < -0.4 is 0 Å². The summed E-state index contributed by atoms with van der Waals surface area (Å²) in [6.45, 7) is 2.18. The maximum Gasteiger partial charge on any atom is 0.338 e. The van der Waals surface area contributed by atoms with Crippen LogP contribution in [0.25, 0.3) is 0 Å². The zero-order valence-corrected chi connectivity index (χ0v) is 10.6. The van der Waals surface area contributed by atoms with Crippen molar-refractivity contribution in [2.75, 3.05) is 6.61 Å². The average Bonchev–Trinajstić information content (AvgIpc) is 2.39. The van der Waals surface area contributed by atoms with E-state index in [2.05, 4.69) is 0 Å². The van der Waals surface area contributed by atoms with Gasteiger partial charge in [0.25, 0.3) is 0 Å². The summed E-state index contributed by atoms with van der Waals surface area (Å²) in [7, 11) is 0. The number of carbonyl (C=O) groups excluding carboxylic acids is 2. The van der Waals surface area contributed by atoms with Crippen molar-refractivity contribution < 1.29 is 14.3 Å². The van der Waals surface area contributed by atoms with E-state index in [-0.39, 0.29) is 5.97 Å². The molecular weight excluding hydrogens is 228 g/mol. The fourth-order valence-electron chi connectivity index (χ4n) is 2.41. The lowest BCUT2D eigenvalue weighted by molar-refractivity contribution is -0.120. The Hall–Kier alpha value is -1.64. The molecule has 1 aliphatic rings. The topological polar surface area (TPSA) is 43.4 Å². The second-order valence-electron chi connectivity index (χ2n) is 4.67. The van der Waals surface area contributed by atoms with E-state index in [1.165, 1.54) is 0 Å². The van der Waals surface area contributed by atoms with Crippen molar-refractivity contribution in [3.63, 3.8) is 0 Å². The molecule has 1 fully saturated rings. The highest BCUT2D eigenvalue weighted by molar-refractivity contribution is 5.89. The first-order valence-corrected chi connectivity index (χ1v) is 6.49. The molecule has 0 aromatic heterocycles. The summed E-state index contributed by atoms with van der Waals surface area (Å²) in [4.78, 5) is 22.9. The van der Waals surface area contributed by atoms with Crippen LogP contribution in [0.3, 0.4) is 0 Å². The van der Waals surface area contributed by atoms with Gasteiger partial charge in [-0.3, -0.25) is 4.79 Å². The van der Waals surface area contributed by atoms with Crippen molar-refractivity contribution in [1.29, 1.82) is 0 Å². The van der Waals surface area contributed by atoms with Crippen LogP contribution in [0.4, 0.5) is 0 Å². The molecule has 1 atom stereocenters. The Labute approximate surface area is 107 Å². The molecule has 0 amide bonds. The number of hydrogen-bond donors (Lipinski definition) is 0. The fourth-order valence-corrected chi connectivity index (χ4v) is 2.41. The molecule has 3 nitrogen and oxygen atoms in total. The monoisotopic (exact) mass is 246 g/mol. The zero-order chi connectivity index (χ0) is 13.0. The highest BCUT2D eigenvalue weighted by atomic mass is 16.5. The van der Waals surface area contributed by atoms with Gasteiger partial charge in [-0.2, -0.15) is 0 Å². The molecule has 1 aromatic carbocycles. The molecule has 0 saturated heterocycles. The molecule has 3 heteroatoms. The Balaban J connectivity index is 2.07. The van der Waals surface area contributed by atoms with Crippen LogP contribution in [0.5, 0.6) is 0 Å². The van der Waals surface area contributed by atoms with Crippen LogP contribution in [-0.4, -0.2) is 18.4 Å². The van der Waals surface area contributed by atoms with Gasteiger partial charge in [0, 0.05) is 12.8 Å². The van der Waals surface area contributed by atoms with Crippen LogP contribution in [0.15, 0.2) is 24.3 Å². The van der Waals surface area contributed by atoms with Gasteiger partial charge in [-0.1, -0.05) is 12.1 Å². The minimum atomic E-state index is -0.288. The molecule has 0 aliphatic heterocycles. The number of hydrogen-bond acceptors (Lipinski definition) is 3. The summed E-state index contributed by atoms with van der Waals surface area (Å²) in [6.07, 6.45) is 3.39.